The zero-order valence-corrected chi connectivity index (χ0v) is 13.8. The summed E-state index contributed by atoms with van der Waals surface area (Å²) in [4.78, 5) is -0.0702. The van der Waals surface area contributed by atoms with Crippen LogP contribution in [0, 0.1) is 0 Å². The molecule has 0 bridgehead atoms. The molecule has 0 aromatic heterocycles. The molecule has 0 aliphatic rings. The van der Waals surface area contributed by atoms with Crippen molar-refractivity contribution in [3.63, 3.8) is 0 Å². The number of rotatable bonds is 5. The van der Waals surface area contributed by atoms with Crippen LogP contribution >= 0.6 is 11.6 Å². The molecular formula is C13H13ClN2O4S2. The van der Waals surface area contributed by atoms with Crippen LogP contribution in [-0.4, -0.2) is 23.9 Å². The van der Waals surface area contributed by atoms with Crippen molar-refractivity contribution in [1.82, 2.24) is 4.72 Å². The van der Waals surface area contributed by atoms with Gasteiger partial charge in [-0.25, -0.2) is 21.6 Å². The maximum absolute atomic E-state index is 12.2. The minimum absolute atomic E-state index is 0.0169. The Hall–Kier alpha value is -1.61. The molecule has 0 radical (unpaired) electrons. The smallest absolute Gasteiger partial charge is 0.261 e. The molecule has 2 aromatic rings. The van der Waals surface area contributed by atoms with Gasteiger partial charge in [-0.2, -0.15) is 0 Å². The highest BCUT2D eigenvalue weighted by atomic mass is 35.5. The Morgan fingerprint density at radius 2 is 1.41 bits per heavy atom. The van der Waals surface area contributed by atoms with Gasteiger partial charge in [-0.05, 0) is 49.5 Å². The molecule has 0 unspecified atom stereocenters. The predicted octanol–water partition coefficient (Wildman–Crippen LogP) is 2.05. The second-order valence-corrected chi connectivity index (χ2v) is 8.30. The lowest BCUT2D eigenvalue weighted by Crippen LogP contribution is -2.19. The molecule has 22 heavy (non-hydrogen) atoms. The molecule has 0 atom stereocenters. The summed E-state index contributed by atoms with van der Waals surface area (Å²) >= 11 is 5.80. The van der Waals surface area contributed by atoms with Gasteiger partial charge in [-0.3, -0.25) is 4.72 Å². The summed E-state index contributed by atoms with van der Waals surface area (Å²) in [7, 11) is -6.15. The topological polar surface area (TPSA) is 92.3 Å². The van der Waals surface area contributed by atoms with Gasteiger partial charge < -0.3 is 0 Å². The number of anilines is 1. The minimum Gasteiger partial charge on any atom is -0.280 e. The molecular weight excluding hydrogens is 348 g/mol. The molecule has 0 fully saturated rings. The van der Waals surface area contributed by atoms with E-state index >= 15 is 0 Å². The zero-order valence-electron chi connectivity index (χ0n) is 11.4. The molecule has 0 aliphatic carbocycles. The van der Waals surface area contributed by atoms with Crippen LogP contribution in [0.25, 0.3) is 0 Å². The molecule has 2 N–H and O–H groups in total. The minimum atomic E-state index is -3.82. The maximum Gasteiger partial charge on any atom is 0.261 e. The number of halogens is 1. The van der Waals surface area contributed by atoms with Gasteiger partial charge in [0.2, 0.25) is 10.0 Å². The van der Waals surface area contributed by atoms with E-state index in [0.717, 1.165) is 0 Å². The summed E-state index contributed by atoms with van der Waals surface area (Å²) in [5.74, 6) is 0. The van der Waals surface area contributed by atoms with E-state index in [1.54, 1.807) is 18.2 Å². The lowest BCUT2D eigenvalue weighted by molar-refractivity contribution is 0.587. The Balaban J connectivity index is 2.31. The van der Waals surface area contributed by atoms with E-state index in [2.05, 4.69) is 9.44 Å². The average molecular weight is 361 g/mol. The Kier molecular flexibility index (Phi) is 4.76. The Morgan fingerprint density at radius 3 is 1.91 bits per heavy atom. The number of nitrogens with one attached hydrogen (secondary N) is 2. The Morgan fingerprint density at radius 1 is 0.864 bits per heavy atom. The maximum atomic E-state index is 12.2. The summed E-state index contributed by atoms with van der Waals surface area (Å²) < 4.78 is 52.2. The fraction of sp³-hybridized carbons (Fsp3) is 0.0769. The number of benzene rings is 2. The van der Waals surface area contributed by atoms with Crippen molar-refractivity contribution in [3.8, 4) is 0 Å². The number of sulfonamides is 2. The molecule has 9 heteroatoms. The highest BCUT2D eigenvalue weighted by molar-refractivity contribution is 7.92. The van der Waals surface area contributed by atoms with Gasteiger partial charge in [-0.1, -0.05) is 17.7 Å². The summed E-state index contributed by atoms with van der Waals surface area (Å²) in [6, 6.07) is 11.1. The largest absolute Gasteiger partial charge is 0.280 e. The van der Waals surface area contributed by atoms with Crippen LogP contribution in [-0.2, 0) is 20.0 Å². The molecule has 0 saturated heterocycles. The highest BCUT2D eigenvalue weighted by Crippen LogP contribution is 2.20. The van der Waals surface area contributed by atoms with Gasteiger partial charge in [0.15, 0.2) is 0 Å². The SMILES string of the molecule is CNS(=O)(=O)c1ccc(S(=O)(=O)Nc2cccc(Cl)c2)cc1. The first-order valence-electron chi connectivity index (χ1n) is 6.06. The third kappa shape index (κ3) is 3.77. The van der Waals surface area contributed by atoms with E-state index in [1.165, 1.54) is 37.4 Å². The van der Waals surface area contributed by atoms with Gasteiger partial charge in [0.25, 0.3) is 10.0 Å². The van der Waals surface area contributed by atoms with Crippen molar-refractivity contribution in [2.24, 2.45) is 0 Å². The quantitative estimate of drug-likeness (QED) is 0.853. The van der Waals surface area contributed by atoms with Crippen molar-refractivity contribution >= 4 is 37.3 Å². The number of hydrogen-bond donors (Lipinski definition) is 2. The Labute approximate surface area is 134 Å². The summed E-state index contributed by atoms with van der Waals surface area (Å²) in [5.41, 5.74) is 0.319. The first kappa shape index (κ1) is 16.8. The lowest BCUT2D eigenvalue weighted by atomic mass is 10.3. The first-order chi connectivity index (χ1) is 10.2. The molecule has 2 rings (SSSR count). The van der Waals surface area contributed by atoms with Crippen LogP contribution in [0.15, 0.2) is 58.3 Å². The van der Waals surface area contributed by atoms with Crippen molar-refractivity contribution in [1.29, 1.82) is 0 Å². The van der Waals surface area contributed by atoms with Gasteiger partial charge in [0, 0.05) is 5.02 Å². The molecule has 0 heterocycles. The molecule has 0 spiro atoms. The van der Waals surface area contributed by atoms with E-state index in [0.29, 0.717) is 10.7 Å². The van der Waals surface area contributed by atoms with Crippen molar-refractivity contribution in [2.75, 3.05) is 11.8 Å². The van der Waals surface area contributed by atoms with Crippen molar-refractivity contribution in [2.45, 2.75) is 9.79 Å². The molecule has 6 nitrogen and oxygen atoms in total. The zero-order chi connectivity index (χ0) is 16.4. The lowest BCUT2D eigenvalue weighted by Gasteiger charge is -2.09. The van der Waals surface area contributed by atoms with Gasteiger partial charge in [0.05, 0.1) is 15.5 Å². The van der Waals surface area contributed by atoms with Crippen LogP contribution in [0.5, 0.6) is 0 Å². The average Bonchev–Trinajstić information content (AvgIpc) is 2.47. The van der Waals surface area contributed by atoms with Crippen LogP contribution in [0.1, 0.15) is 0 Å². The second-order valence-electron chi connectivity index (χ2n) is 4.29. The van der Waals surface area contributed by atoms with Crippen LogP contribution in [0.3, 0.4) is 0 Å². The van der Waals surface area contributed by atoms with E-state index in [4.69, 9.17) is 11.6 Å². The molecule has 0 saturated carbocycles. The molecule has 0 aliphatic heterocycles. The van der Waals surface area contributed by atoms with E-state index in [9.17, 15) is 16.8 Å². The highest BCUT2D eigenvalue weighted by Gasteiger charge is 2.17. The van der Waals surface area contributed by atoms with Crippen molar-refractivity contribution < 1.29 is 16.8 Å². The third-order valence-corrected chi connectivity index (χ3v) is 5.85. The van der Waals surface area contributed by atoms with Crippen LogP contribution < -0.4 is 9.44 Å². The molecule has 2 aromatic carbocycles. The fourth-order valence-corrected chi connectivity index (χ4v) is 3.65. The third-order valence-electron chi connectivity index (χ3n) is 2.79. The fourth-order valence-electron chi connectivity index (χ4n) is 1.68. The summed E-state index contributed by atoms with van der Waals surface area (Å²) in [6.45, 7) is 0. The van der Waals surface area contributed by atoms with Crippen molar-refractivity contribution in [3.05, 3.63) is 53.6 Å². The van der Waals surface area contributed by atoms with Gasteiger partial charge >= 0.3 is 0 Å². The molecule has 0 amide bonds. The van der Waals surface area contributed by atoms with Crippen LogP contribution in [0.4, 0.5) is 5.69 Å². The Bertz CT molecular complexity index is 879. The van der Waals surface area contributed by atoms with E-state index < -0.39 is 20.0 Å². The first-order valence-corrected chi connectivity index (χ1v) is 9.41. The van der Waals surface area contributed by atoms with Crippen LogP contribution in [0.2, 0.25) is 5.02 Å². The monoisotopic (exact) mass is 360 g/mol. The molecule has 118 valence electrons. The summed E-state index contributed by atoms with van der Waals surface area (Å²) in [5, 5.41) is 0.399. The van der Waals surface area contributed by atoms with E-state index in [1.807, 2.05) is 0 Å². The normalized spacial score (nSPS) is 12.1. The van der Waals surface area contributed by atoms with Gasteiger partial charge in [0.1, 0.15) is 0 Å². The predicted molar refractivity (Wildman–Crippen MR) is 84.9 cm³/mol. The second kappa shape index (κ2) is 6.25. The van der Waals surface area contributed by atoms with E-state index in [-0.39, 0.29) is 9.79 Å². The summed E-state index contributed by atoms with van der Waals surface area (Å²) in [6.07, 6.45) is 0. The number of hydrogen-bond acceptors (Lipinski definition) is 4. The van der Waals surface area contributed by atoms with Gasteiger partial charge in [-0.15, -0.1) is 0 Å². The standard InChI is InChI=1S/C13H13ClN2O4S2/c1-15-21(17,18)12-5-7-13(8-6-12)22(19,20)16-11-4-2-3-10(14)9-11/h2-9,15-16H,1H3.